The molecule has 1 aromatic rings. The van der Waals surface area contributed by atoms with E-state index in [9.17, 15) is 9.59 Å². The highest BCUT2D eigenvalue weighted by atomic mass is 16.5. The lowest BCUT2D eigenvalue weighted by Gasteiger charge is -2.31. The topological polar surface area (TPSA) is 67.4 Å². The third kappa shape index (κ3) is 3.61. The van der Waals surface area contributed by atoms with Crippen LogP contribution in [0.1, 0.15) is 51.1 Å². The van der Waals surface area contributed by atoms with Gasteiger partial charge in [0.25, 0.3) is 0 Å². The molecule has 1 unspecified atom stereocenters. The van der Waals surface area contributed by atoms with Gasteiger partial charge in [-0.1, -0.05) is 37.3 Å². The molecule has 1 atom stereocenters. The Labute approximate surface area is 142 Å². The molecule has 1 heterocycles. The van der Waals surface area contributed by atoms with Crippen molar-refractivity contribution in [1.82, 2.24) is 10.6 Å². The van der Waals surface area contributed by atoms with Gasteiger partial charge >= 0.3 is 12.0 Å². The van der Waals surface area contributed by atoms with Gasteiger partial charge in [0.1, 0.15) is 6.10 Å². The molecule has 24 heavy (non-hydrogen) atoms. The minimum absolute atomic E-state index is 0.0250. The minimum atomic E-state index is -0.477. The summed E-state index contributed by atoms with van der Waals surface area (Å²) in [7, 11) is 0. The second-order valence-corrected chi connectivity index (χ2v) is 6.77. The standard InChI is InChI=1S/C19H24N2O3/c1-12-8-10-15(11-9-12)24-18(22)16-13(2)20-19(23)21-17(16)14-6-4-3-5-7-14/h3-7,12,15,17H,8-11H2,1-2H3,(H2,20,21,23). The van der Waals surface area contributed by atoms with Crippen LogP contribution in [0.25, 0.3) is 0 Å². The lowest BCUT2D eigenvalue weighted by atomic mass is 9.89. The number of amides is 2. The fourth-order valence-corrected chi connectivity index (χ4v) is 3.42. The number of carbonyl (C=O) groups excluding carboxylic acids is 2. The third-order valence-corrected chi connectivity index (χ3v) is 4.86. The van der Waals surface area contributed by atoms with Gasteiger partial charge in [0, 0.05) is 5.70 Å². The van der Waals surface area contributed by atoms with Crippen LogP contribution >= 0.6 is 0 Å². The van der Waals surface area contributed by atoms with E-state index in [2.05, 4.69) is 17.6 Å². The van der Waals surface area contributed by atoms with E-state index < -0.39 is 6.04 Å². The number of hydrogen-bond acceptors (Lipinski definition) is 3. The quantitative estimate of drug-likeness (QED) is 0.835. The van der Waals surface area contributed by atoms with Crippen molar-refractivity contribution in [2.24, 2.45) is 5.92 Å². The Bertz CT molecular complexity index is 646. The fraction of sp³-hybridized carbons (Fsp3) is 0.474. The molecule has 1 aliphatic heterocycles. The molecule has 0 spiro atoms. The van der Waals surface area contributed by atoms with Gasteiger partial charge in [0.2, 0.25) is 0 Å². The predicted octanol–water partition coefficient (Wildman–Crippen LogP) is 3.44. The van der Waals surface area contributed by atoms with E-state index in [1.807, 2.05) is 30.3 Å². The SMILES string of the molecule is CC1=C(C(=O)OC2CCC(C)CC2)C(c2ccccc2)NC(=O)N1. The molecule has 1 aliphatic carbocycles. The molecule has 2 amide bonds. The van der Waals surface area contributed by atoms with Crippen LogP contribution in [-0.2, 0) is 9.53 Å². The van der Waals surface area contributed by atoms with E-state index in [0.717, 1.165) is 31.2 Å². The van der Waals surface area contributed by atoms with Crippen molar-refractivity contribution in [2.45, 2.75) is 51.7 Å². The molecule has 0 saturated heterocycles. The summed E-state index contributed by atoms with van der Waals surface area (Å²) in [5.41, 5.74) is 1.91. The van der Waals surface area contributed by atoms with Crippen LogP contribution in [0.5, 0.6) is 0 Å². The van der Waals surface area contributed by atoms with E-state index in [0.29, 0.717) is 17.2 Å². The zero-order valence-electron chi connectivity index (χ0n) is 14.2. The van der Waals surface area contributed by atoms with Crippen molar-refractivity contribution in [2.75, 3.05) is 0 Å². The van der Waals surface area contributed by atoms with Gasteiger partial charge in [0.05, 0.1) is 11.6 Å². The zero-order chi connectivity index (χ0) is 17.1. The summed E-state index contributed by atoms with van der Waals surface area (Å²) in [5, 5.41) is 5.51. The molecule has 0 radical (unpaired) electrons. The van der Waals surface area contributed by atoms with E-state index in [1.165, 1.54) is 0 Å². The smallest absolute Gasteiger partial charge is 0.338 e. The van der Waals surface area contributed by atoms with Gasteiger partial charge in [-0.15, -0.1) is 0 Å². The summed E-state index contributed by atoms with van der Waals surface area (Å²) in [4.78, 5) is 24.6. The minimum Gasteiger partial charge on any atom is -0.459 e. The monoisotopic (exact) mass is 328 g/mol. The molecular weight excluding hydrogens is 304 g/mol. The maximum absolute atomic E-state index is 12.8. The first-order valence-corrected chi connectivity index (χ1v) is 8.59. The van der Waals surface area contributed by atoms with Crippen molar-refractivity contribution >= 4 is 12.0 Å². The second kappa shape index (κ2) is 7.07. The van der Waals surface area contributed by atoms with Crippen LogP contribution in [0.3, 0.4) is 0 Å². The van der Waals surface area contributed by atoms with Crippen LogP contribution in [0, 0.1) is 5.92 Å². The highest BCUT2D eigenvalue weighted by Crippen LogP contribution is 2.30. The summed E-state index contributed by atoms with van der Waals surface area (Å²) in [6.07, 6.45) is 3.98. The second-order valence-electron chi connectivity index (χ2n) is 6.77. The molecule has 3 rings (SSSR count). The van der Waals surface area contributed by atoms with Crippen molar-refractivity contribution in [3.63, 3.8) is 0 Å². The van der Waals surface area contributed by atoms with Gasteiger partial charge in [-0.05, 0) is 44.1 Å². The van der Waals surface area contributed by atoms with Crippen LogP contribution in [-0.4, -0.2) is 18.1 Å². The van der Waals surface area contributed by atoms with E-state index in [4.69, 9.17) is 4.74 Å². The Morgan fingerprint density at radius 1 is 1.12 bits per heavy atom. The molecule has 1 fully saturated rings. The number of hydrogen-bond donors (Lipinski definition) is 2. The van der Waals surface area contributed by atoms with E-state index in [-0.39, 0.29) is 18.1 Å². The number of rotatable bonds is 3. The molecule has 0 bridgehead atoms. The molecule has 0 aromatic heterocycles. The van der Waals surface area contributed by atoms with Gasteiger partial charge in [-0.25, -0.2) is 9.59 Å². The number of ether oxygens (including phenoxy) is 1. The third-order valence-electron chi connectivity index (χ3n) is 4.86. The molecular formula is C19H24N2O3. The Balaban J connectivity index is 1.80. The Hall–Kier alpha value is -2.30. The Morgan fingerprint density at radius 2 is 1.79 bits per heavy atom. The summed E-state index contributed by atoms with van der Waals surface area (Å²) >= 11 is 0. The van der Waals surface area contributed by atoms with E-state index in [1.54, 1.807) is 6.92 Å². The highest BCUT2D eigenvalue weighted by Gasteiger charge is 2.33. The first kappa shape index (κ1) is 16.6. The van der Waals surface area contributed by atoms with Gasteiger partial charge in [-0.3, -0.25) is 0 Å². The summed E-state index contributed by atoms with van der Waals surface area (Å²) in [6.45, 7) is 3.98. The van der Waals surface area contributed by atoms with Gasteiger partial charge in [0.15, 0.2) is 0 Å². The molecule has 5 heteroatoms. The van der Waals surface area contributed by atoms with Gasteiger partial charge in [-0.2, -0.15) is 0 Å². The van der Waals surface area contributed by atoms with Crippen molar-refractivity contribution in [1.29, 1.82) is 0 Å². The first-order chi connectivity index (χ1) is 11.5. The lowest BCUT2D eigenvalue weighted by molar-refractivity contribution is -0.146. The number of urea groups is 1. The average molecular weight is 328 g/mol. The largest absolute Gasteiger partial charge is 0.459 e. The molecule has 2 aliphatic rings. The number of nitrogens with one attached hydrogen (secondary N) is 2. The van der Waals surface area contributed by atoms with Gasteiger partial charge < -0.3 is 15.4 Å². The molecule has 5 nitrogen and oxygen atoms in total. The predicted molar refractivity (Wildman–Crippen MR) is 91.1 cm³/mol. The Kier molecular flexibility index (Phi) is 4.88. The van der Waals surface area contributed by atoms with Crippen molar-refractivity contribution in [3.8, 4) is 0 Å². The summed E-state index contributed by atoms with van der Waals surface area (Å²) in [5.74, 6) is 0.363. The average Bonchev–Trinajstić information content (AvgIpc) is 2.57. The van der Waals surface area contributed by atoms with Crippen LogP contribution in [0.2, 0.25) is 0 Å². The number of allylic oxidation sites excluding steroid dienone is 1. The molecule has 1 saturated carbocycles. The normalized spacial score (nSPS) is 27.2. The fourth-order valence-electron chi connectivity index (χ4n) is 3.42. The molecule has 1 aromatic carbocycles. The highest BCUT2D eigenvalue weighted by molar-refractivity contribution is 5.95. The maximum Gasteiger partial charge on any atom is 0.338 e. The zero-order valence-corrected chi connectivity index (χ0v) is 14.2. The van der Waals surface area contributed by atoms with Crippen molar-refractivity contribution < 1.29 is 14.3 Å². The number of esters is 1. The van der Waals surface area contributed by atoms with Crippen LogP contribution < -0.4 is 10.6 Å². The summed E-state index contributed by atoms with van der Waals surface area (Å²) < 4.78 is 5.75. The Morgan fingerprint density at radius 3 is 2.46 bits per heavy atom. The van der Waals surface area contributed by atoms with Crippen LogP contribution in [0.4, 0.5) is 4.79 Å². The summed E-state index contributed by atoms with van der Waals surface area (Å²) in [6, 6.07) is 8.72. The van der Waals surface area contributed by atoms with Crippen LogP contribution in [0.15, 0.2) is 41.6 Å². The lowest BCUT2D eigenvalue weighted by Crippen LogP contribution is -2.45. The molecule has 128 valence electrons. The number of carbonyl (C=O) groups is 2. The molecule has 2 N–H and O–H groups in total. The van der Waals surface area contributed by atoms with Crippen molar-refractivity contribution in [3.05, 3.63) is 47.2 Å². The number of benzene rings is 1. The maximum atomic E-state index is 12.8. The first-order valence-electron chi connectivity index (χ1n) is 8.59. The van der Waals surface area contributed by atoms with E-state index >= 15 is 0 Å².